The van der Waals surface area contributed by atoms with Crippen molar-refractivity contribution in [1.29, 1.82) is 0 Å². The fourth-order valence-corrected chi connectivity index (χ4v) is 4.40. The molecule has 0 fully saturated rings. The van der Waals surface area contributed by atoms with Crippen LogP contribution >= 0.6 is 23.4 Å². The first kappa shape index (κ1) is 20.3. The number of alkyl halides is 1. The van der Waals surface area contributed by atoms with Crippen LogP contribution in [0.4, 0.5) is 0 Å². The molecule has 0 aliphatic heterocycles. The van der Waals surface area contributed by atoms with Crippen LogP contribution in [0.2, 0.25) is 0 Å². The molecule has 26 heavy (non-hydrogen) atoms. The molecule has 2 rings (SSSR count). The van der Waals surface area contributed by atoms with E-state index in [1.54, 1.807) is 0 Å². The minimum atomic E-state index is -1.60. The molecule has 0 aromatic heterocycles. The standard InChI is InChI=1S/C20H21ClO4S/c1-14-9-7-8-12-17(14)26-20(18(22)24-2,19(23)25-3)13-16(21)15-10-5-4-6-11-15/h4-12,16H,13H2,1-3H3. The van der Waals surface area contributed by atoms with Crippen LogP contribution in [0.3, 0.4) is 0 Å². The van der Waals surface area contributed by atoms with Gasteiger partial charge in [0.05, 0.1) is 19.6 Å². The summed E-state index contributed by atoms with van der Waals surface area (Å²) in [6, 6.07) is 16.8. The highest BCUT2D eigenvalue weighted by Crippen LogP contribution is 2.44. The molecular weight excluding hydrogens is 372 g/mol. The van der Waals surface area contributed by atoms with Crippen molar-refractivity contribution in [3.63, 3.8) is 0 Å². The molecule has 4 nitrogen and oxygen atoms in total. The van der Waals surface area contributed by atoms with Gasteiger partial charge >= 0.3 is 11.9 Å². The molecule has 2 aromatic carbocycles. The molecule has 138 valence electrons. The topological polar surface area (TPSA) is 52.6 Å². The zero-order valence-corrected chi connectivity index (χ0v) is 16.5. The molecule has 0 radical (unpaired) electrons. The summed E-state index contributed by atoms with van der Waals surface area (Å²) >= 11 is 7.69. The zero-order chi connectivity index (χ0) is 19.2. The van der Waals surface area contributed by atoms with E-state index in [1.165, 1.54) is 14.2 Å². The fourth-order valence-electron chi connectivity index (χ4n) is 2.60. The van der Waals surface area contributed by atoms with Crippen LogP contribution in [-0.4, -0.2) is 30.9 Å². The maximum atomic E-state index is 12.7. The predicted molar refractivity (Wildman–Crippen MR) is 103 cm³/mol. The summed E-state index contributed by atoms with van der Waals surface area (Å²) < 4.78 is 8.34. The number of hydrogen-bond acceptors (Lipinski definition) is 5. The fraction of sp³-hybridized carbons (Fsp3) is 0.300. The number of thioether (sulfide) groups is 1. The van der Waals surface area contributed by atoms with E-state index in [4.69, 9.17) is 21.1 Å². The second-order valence-electron chi connectivity index (χ2n) is 5.76. The van der Waals surface area contributed by atoms with E-state index < -0.39 is 22.1 Å². The molecule has 6 heteroatoms. The van der Waals surface area contributed by atoms with E-state index in [1.807, 2.05) is 61.5 Å². The highest BCUT2D eigenvalue weighted by atomic mass is 35.5. The quantitative estimate of drug-likeness (QED) is 0.299. The first-order chi connectivity index (χ1) is 12.4. The third-order valence-corrected chi connectivity index (χ3v) is 5.97. The Kier molecular flexibility index (Phi) is 7.12. The Labute approximate surface area is 162 Å². The maximum absolute atomic E-state index is 12.7. The summed E-state index contributed by atoms with van der Waals surface area (Å²) in [5, 5.41) is -0.564. The average Bonchev–Trinajstić information content (AvgIpc) is 2.68. The van der Waals surface area contributed by atoms with Crippen LogP contribution in [-0.2, 0) is 19.1 Å². The van der Waals surface area contributed by atoms with E-state index in [2.05, 4.69) is 0 Å². The summed E-state index contributed by atoms with van der Waals surface area (Å²) in [6.07, 6.45) is 0.0386. The molecule has 0 saturated carbocycles. The largest absolute Gasteiger partial charge is 0.468 e. The number of hydrogen-bond donors (Lipinski definition) is 0. The van der Waals surface area contributed by atoms with E-state index in [0.717, 1.165) is 27.8 Å². The molecule has 0 aliphatic rings. The molecule has 0 saturated heterocycles. The van der Waals surface area contributed by atoms with Crippen LogP contribution in [0.5, 0.6) is 0 Å². The highest BCUT2D eigenvalue weighted by Gasteiger charge is 2.51. The van der Waals surface area contributed by atoms with Crippen molar-refractivity contribution in [2.45, 2.75) is 28.4 Å². The summed E-state index contributed by atoms with van der Waals surface area (Å²) in [7, 11) is 2.51. The number of rotatable bonds is 7. The van der Waals surface area contributed by atoms with Crippen molar-refractivity contribution < 1.29 is 19.1 Å². The molecule has 2 aromatic rings. The van der Waals surface area contributed by atoms with Crippen LogP contribution in [0, 0.1) is 6.92 Å². The monoisotopic (exact) mass is 392 g/mol. The lowest BCUT2D eigenvalue weighted by Gasteiger charge is -2.30. The van der Waals surface area contributed by atoms with Gasteiger partial charge in [-0.05, 0) is 24.1 Å². The number of carbonyl (C=O) groups is 2. The van der Waals surface area contributed by atoms with Crippen molar-refractivity contribution in [3.8, 4) is 0 Å². The minimum absolute atomic E-state index is 0.0386. The van der Waals surface area contributed by atoms with Gasteiger partial charge in [0.15, 0.2) is 0 Å². The first-order valence-electron chi connectivity index (χ1n) is 8.05. The van der Waals surface area contributed by atoms with Crippen molar-refractivity contribution in [1.82, 2.24) is 0 Å². The molecule has 0 N–H and O–H groups in total. The van der Waals surface area contributed by atoms with Gasteiger partial charge in [0, 0.05) is 11.3 Å². The van der Waals surface area contributed by atoms with Gasteiger partial charge in [0.25, 0.3) is 0 Å². The van der Waals surface area contributed by atoms with Crippen molar-refractivity contribution in [3.05, 3.63) is 65.7 Å². The van der Waals surface area contributed by atoms with Gasteiger partial charge in [-0.3, -0.25) is 0 Å². The molecule has 0 spiro atoms. The van der Waals surface area contributed by atoms with E-state index in [0.29, 0.717) is 0 Å². The van der Waals surface area contributed by atoms with Gasteiger partial charge in [0.2, 0.25) is 4.75 Å². The molecule has 0 bridgehead atoms. The number of aryl methyl sites for hydroxylation is 1. The number of ether oxygens (including phenoxy) is 2. The average molecular weight is 393 g/mol. The van der Waals surface area contributed by atoms with Crippen LogP contribution < -0.4 is 0 Å². The van der Waals surface area contributed by atoms with Crippen molar-refractivity contribution in [2.24, 2.45) is 0 Å². The predicted octanol–water partition coefficient (Wildman–Crippen LogP) is 4.54. The second-order valence-corrected chi connectivity index (χ2v) is 7.63. The second kappa shape index (κ2) is 9.10. The SMILES string of the molecule is COC(=O)C(CC(Cl)c1ccccc1)(Sc1ccccc1C)C(=O)OC. The third-order valence-electron chi connectivity index (χ3n) is 4.04. The Bertz CT molecular complexity index is 747. The number of halogens is 1. The Morgan fingerprint density at radius 3 is 2.08 bits per heavy atom. The molecule has 1 unspecified atom stereocenters. The summed E-state index contributed by atoms with van der Waals surface area (Å²) in [6.45, 7) is 1.91. The molecular formula is C20H21ClO4S. The number of carbonyl (C=O) groups excluding carboxylic acids is 2. The molecule has 0 heterocycles. The smallest absolute Gasteiger partial charge is 0.333 e. The van der Waals surface area contributed by atoms with Gasteiger partial charge < -0.3 is 9.47 Å². The Morgan fingerprint density at radius 2 is 1.54 bits per heavy atom. The molecule has 1 atom stereocenters. The van der Waals surface area contributed by atoms with Crippen LogP contribution in [0.1, 0.15) is 22.9 Å². The van der Waals surface area contributed by atoms with Gasteiger partial charge in [0.1, 0.15) is 0 Å². The highest BCUT2D eigenvalue weighted by molar-refractivity contribution is 8.02. The summed E-state index contributed by atoms with van der Waals surface area (Å²) in [5.41, 5.74) is 1.76. The van der Waals surface area contributed by atoms with E-state index in [9.17, 15) is 9.59 Å². The maximum Gasteiger partial charge on any atom is 0.333 e. The lowest BCUT2D eigenvalue weighted by molar-refractivity contribution is -0.156. The Balaban J connectivity index is 2.47. The van der Waals surface area contributed by atoms with Gasteiger partial charge in [-0.2, -0.15) is 0 Å². The third kappa shape index (κ3) is 4.40. The zero-order valence-electron chi connectivity index (χ0n) is 14.9. The first-order valence-corrected chi connectivity index (χ1v) is 9.30. The summed E-state index contributed by atoms with van der Waals surface area (Å²) in [4.78, 5) is 26.2. The van der Waals surface area contributed by atoms with Crippen LogP contribution in [0.15, 0.2) is 59.5 Å². The lowest BCUT2D eigenvalue weighted by Crippen LogP contribution is -2.46. The number of benzene rings is 2. The molecule has 0 aliphatic carbocycles. The normalized spacial score (nSPS) is 12.3. The van der Waals surface area contributed by atoms with E-state index in [-0.39, 0.29) is 6.42 Å². The number of methoxy groups -OCH3 is 2. The van der Waals surface area contributed by atoms with Gasteiger partial charge in [-0.15, -0.1) is 11.6 Å². The van der Waals surface area contributed by atoms with Crippen molar-refractivity contribution >= 4 is 35.3 Å². The Hall–Kier alpha value is -1.98. The number of esters is 2. The summed E-state index contributed by atoms with van der Waals surface area (Å²) in [5.74, 6) is -1.36. The van der Waals surface area contributed by atoms with Crippen LogP contribution in [0.25, 0.3) is 0 Å². The van der Waals surface area contributed by atoms with Crippen molar-refractivity contribution in [2.75, 3.05) is 14.2 Å². The van der Waals surface area contributed by atoms with E-state index >= 15 is 0 Å². The van der Waals surface area contributed by atoms with Gasteiger partial charge in [-0.25, -0.2) is 9.59 Å². The minimum Gasteiger partial charge on any atom is -0.468 e. The Morgan fingerprint density at radius 1 is 1.00 bits per heavy atom. The van der Waals surface area contributed by atoms with Gasteiger partial charge in [-0.1, -0.05) is 60.3 Å². The lowest BCUT2D eigenvalue weighted by atomic mass is 9.98. The molecule has 0 amide bonds.